The Morgan fingerprint density at radius 3 is 1.11 bits per heavy atom. The van der Waals surface area contributed by atoms with Crippen LogP contribution in [-0.4, -0.2) is 5.78 Å². The second-order valence-corrected chi connectivity index (χ2v) is 3.06. The Morgan fingerprint density at radius 1 is 0.556 bits per heavy atom. The van der Waals surface area contributed by atoms with Gasteiger partial charge in [0, 0.05) is 11.1 Å². The van der Waals surface area contributed by atoms with Gasteiger partial charge >= 0.3 is 0 Å². The zero-order chi connectivity index (χ0) is 9.80. The van der Waals surface area contributed by atoms with Gasteiger partial charge in [-0.2, -0.15) is 0 Å². The molecule has 2 aromatic carbocycles. The molecule has 0 saturated heterocycles. The van der Waals surface area contributed by atoms with E-state index in [1.54, 1.807) is 0 Å². The molecule has 2 aromatic rings. The lowest BCUT2D eigenvalue weighted by molar-refractivity contribution is 0.103. The van der Waals surface area contributed by atoms with Crippen LogP contribution < -0.4 is 0 Å². The Balaban J connectivity index is -0.000000562. The smallest absolute Gasteiger partial charge is 0.193 e. The van der Waals surface area contributed by atoms with Crippen molar-refractivity contribution in [2.24, 2.45) is 0 Å². The van der Waals surface area contributed by atoms with Crippen LogP contribution in [0.1, 0.15) is 15.9 Å². The average Bonchev–Trinajstić information content (AvgIpc) is 2.30. The number of hydrogen-bond acceptors (Lipinski definition) is 1. The lowest BCUT2D eigenvalue weighted by Crippen LogP contribution is -1.99. The molecule has 5 heteroatoms. The van der Waals surface area contributed by atoms with E-state index in [4.69, 9.17) is 0 Å². The predicted molar refractivity (Wildman–Crippen MR) is 85.3 cm³/mol. The summed E-state index contributed by atoms with van der Waals surface area (Å²) in [5.41, 5.74) is 1.47. The summed E-state index contributed by atoms with van der Waals surface area (Å²) < 4.78 is 0. The molecular weight excluding hydrogens is 314 g/mol. The Bertz CT molecular complexity index is 390. The standard InChI is InChI=1S/C13H10O.4ClH/c14-13(11-7-3-1-4-8-11)12-9-5-2-6-10-12;;;;/h1-10H;4*1H. The second-order valence-electron chi connectivity index (χ2n) is 3.06. The van der Waals surface area contributed by atoms with Gasteiger partial charge in [0.15, 0.2) is 5.78 Å². The summed E-state index contributed by atoms with van der Waals surface area (Å²) in [4.78, 5) is 11.8. The highest BCUT2D eigenvalue weighted by atomic mass is 35.5. The monoisotopic (exact) mass is 326 g/mol. The van der Waals surface area contributed by atoms with Crippen molar-refractivity contribution in [1.82, 2.24) is 0 Å². The molecule has 0 heterocycles. The van der Waals surface area contributed by atoms with E-state index < -0.39 is 0 Å². The summed E-state index contributed by atoms with van der Waals surface area (Å²) in [5.74, 6) is 0.0752. The summed E-state index contributed by atoms with van der Waals surface area (Å²) in [7, 11) is 0. The third kappa shape index (κ3) is 5.74. The first-order valence-electron chi connectivity index (χ1n) is 4.53. The number of carbonyl (C=O) groups is 1. The average molecular weight is 328 g/mol. The van der Waals surface area contributed by atoms with Gasteiger partial charge < -0.3 is 0 Å². The lowest BCUT2D eigenvalue weighted by atomic mass is 10.0. The Morgan fingerprint density at radius 2 is 0.833 bits per heavy atom. The van der Waals surface area contributed by atoms with E-state index in [0.29, 0.717) is 0 Å². The van der Waals surface area contributed by atoms with Crippen LogP contribution in [0, 0.1) is 0 Å². The van der Waals surface area contributed by atoms with E-state index >= 15 is 0 Å². The number of rotatable bonds is 2. The van der Waals surface area contributed by atoms with Crippen LogP contribution in [0.3, 0.4) is 0 Å². The van der Waals surface area contributed by atoms with Crippen LogP contribution in [-0.2, 0) is 0 Å². The molecule has 0 radical (unpaired) electrons. The number of benzene rings is 2. The fraction of sp³-hybridized carbons (Fsp3) is 0. The third-order valence-corrected chi connectivity index (χ3v) is 2.07. The topological polar surface area (TPSA) is 17.1 Å². The first-order chi connectivity index (χ1) is 6.88. The van der Waals surface area contributed by atoms with Crippen LogP contribution in [0.25, 0.3) is 0 Å². The molecule has 0 atom stereocenters. The van der Waals surface area contributed by atoms with Gasteiger partial charge in [-0.05, 0) is 0 Å². The minimum Gasteiger partial charge on any atom is -0.289 e. The highest BCUT2D eigenvalue weighted by molar-refractivity contribution is 6.08. The quantitative estimate of drug-likeness (QED) is 0.736. The number of ketones is 1. The zero-order valence-corrected chi connectivity index (χ0v) is 12.6. The molecule has 0 aliphatic heterocycles. The summed E-state index contributed by atoms with van der Waals surface area (Å²) in [6.07, 6.45) is 0. The summed E-state index contributed by atoms with van der Waals surface area (Å²) in [6.45, 7) is 0. The van der Waals surface area contributed by atoms with Gasteiger partial charge in [-0.25, -0.2) is 0 Å². The number of carbonyl (C=O) groups excluding carboxylic acids is 1. The molecule has 0 N–H and O–H groups in total. The molecule has 0 unspecified atom stereocenters. The van der Waals surface area contributed by atoms with E-state index in [0.717, 1.165) is 11.1 Å². The van der Waals surface area contributed by atoms with Crippen molar-refractivity contribution in [2.45, 2.75) is 0 Å². The molecule has 18 heavy (non-hydrogen) atoms. The molecule has 2 rings (SSSR count). The Hall–Kier alpha value is -0.730. The van der Waals surface area contributed by atoms with Crippen LogP contribution in [0.5, 0.6) is 0 Å². The molecule has 0 saturated carbocycles. The van der Waals surface area contributed by atoms with Crippen LogP contribution in [0.4, 0.5) is 0 Å². The molecule has 0 bridgehead atoms. The number of hydrogen-bond donors (Lipinski definition) is 0. The van der Waals surface area contributed by atoms with Gasteiger partial charge in [0.05, 0.1) is 0 Å². The van der Waals surface area contributed by atoms with Crippen LogP contribution >= 0.6 is 49.6 Å². The van der Waals surface area contributed by atoms with E-state index in [1.807, 2.05) is 60.7 Å². The molecule has 1 nitrogen and oxygen atoms in total. The molecule has 100 valence electrons. The molecule has 0 aliphatic carbocycles. The van der Waals surface area contributed by atoms with Crippen molar-refractivity contribution >= 4 is 55.4 Å². The minimum absolute atomic E-state index is 0. The molecular formula is C13H14Cl4O. The largest absolute Gasteiger partial charge is 0.289 e. The van der Waals surface area contributed by atoms with E-state index in [9.17, 15) is 4.79 Å². The van der Waals surface area contributed by atoms with Crippen LogP contribution in [0.2, 0.25) is 0 Å². The van der Waals surface area contributed by atoms with Crippen molar-refractivity contribution in [3.8, 4) is 0 Å². The maximum absolute atomic E-state index is 11.8. The SMILES string of the molecule is Cl.Cl.Cl.Cl.O=C(c1ccccc1)c1ccccc1. The summed E-state index contributed by atoms with van der Waals surface area (Å²) in [6, 6.07) is 18.6. The van der Waals surface area contributed by atoms with Gasteiger partial charge in [0.25, 0.3) is 0 Å². The van der Waals surface area contributed by atoms with Crippen molar-refractivity contribution in [3.63, 3.8) is 0 Å². The highest BCUT2D eigenvalue weighted by Gasteiger charge is 2.06. The van der Waals surface area contributed by atoms with Crippen molar-refractivity contribution in [1.29, 1.82) is 0 Å². The second kappa shape index (κ2) is 11.4. The Kier molecular flexibility index (Phi) is 14.2. The van der Waals surface area contributed by atoms with E-state index in [2.05, 4.69) is 0 Å². The summed E-state index contributed by atoms with van der Waals surface area (Å²) >= 11 is 0. The first-order valence-corrected chi connectivity index (χ1v) is 4.53. The first kappa shape index (κ1) is 22.5. The molecule has 0 amide bonds. The molecule has 0 spiro atoms. The minimum atomic E-state index is 0. The molecule has 0 aromatic heterocycles. The van der Waals surface area contributed by atoms with Gasteiger partial charge in [-0.3, -0.25) is 4.79 Å². The highest BCUT2D eigenvalue weighted by Crippen LogP contribution is 2.08. The fourth-order valence-corrected chi connectivity index (χ4v) is 1.35. The lowest BCUT2D eigenvalue weighted by Gasteiger charge is -1.99. The maximum Gasteiger partial charge on any atom is 0.193 e. The van der Waals surface area contributed by atoms with E-state index in [-0.39, 0.29) is 55.4 Å². The zero-order valence-electron chi connectivity index (χ0n) is 9.31. The van der Waals surface area contributed by atoms with Gasteiger partial charge in [0.2, 0.25) is 0 Å². The van der Waals surface area contributed by atoms with Crippen molar-refractivity contribution in [2.75, 3.05) is 0 Å². The summed E-state index contributed by atoms with van der Waals surface area (Å²) in [5, 5.41) is 0. The van der Waals surface area contributed by atoms with Gasteiger partial charge in [-0.15, -0.1) is 49.6 Å². The number of halogens is 4. The Labute approximate surface area is 132 Å². The van der Waals surface area contributed by atoms with Crippen molar-refractivity contribution in [3.05, 3.63) is 71.8 Å². The molecule has 0 aliphatic rings. The van der Waals surface area contributed by atoms with Gasteiger partial charge in [-0.1, -0.05) is 60.7 Å². The maximum atomic E-state index is 11.8. The molecule has 0 fully saturated rings. The van der Waals surface area contributed by atoms with Crippen LogP contribution in [0.15, 0.2) is 60.7 Å². The van der Waals surface area contributed by atoms with Gasteiger partial charge in [0.1, 0.15) is 0 Å². The third-order valence-electron chi connectivity index (χ3n) is 2.07. The fourth-order valence-electron chi connectivity index (χ4n) is 1.35. The predicted octanol–water partition coefficient (Wildman–Crippen LogP) is 4.60. The van der Waals surface area contributed by atoms with Crippen molar-refractivity contribution < 1.29 is 4.79 Å². The normalized spacial score (nSPS) is 7.56. The van der Waals surface area contributed by atoms with E-state index in [1.165, 1.54) is 0 Å².